The third-order valence-corrected chi connectivity index (χ3v) is 5.65. The monoisotopic (exact) mass is 456 g/mol. The lowest BCUT2D eigenvalue weighted by atomic mass is 10.1. The number of pyridine rings is 3. The summed E-state index contributed by atoms with van der Waals surface area (Å²) >= 11 is 0. The Labute approximate surface area is 200 Å². The van der Waals surface area contributed by atoms with E-state index in [9.17, 15) is 4.79 Å². The van der Waals surface area contributed by atoms with Crippen molar-refractivity contribution in [1.82, 2.24) is 19.4 Å². The summed E-state index contributed by atoms with van der Waals surface area (Å²) in [6.45, 7) is 5.58. The van der Waals surface area contributed by atoms with Crippen LogP contribution in [0.15, 0.2) is 65.7 Å². The third kappa shape index (κ3) is 5.61. The van der Waals surface area contributed by atoms with Gasteiger partial charge in [-0.05, 0) is 80.4 Å². The van der Waals surface area contributed by atoms with Gasteiger partial charge in [0.1, 0.15) is 17.5 Å². The van der Waals surface area contributed by atoms with Crippen LogP contribution in [0.25, 0.3) is 10.8 Å². The first-order chi connectivity index (χ1) is 16.4. The maximum Gasteiger partial charge on any atom is 0.262 e. The molecule has 0 bridgehead atoms. The summed E-state index contributed by atoms with van der Waals surface area (Å²) in [6.07, 6.45) is 5.70. The van der Waals surface area contributed by atoms with Crippen molar-refractivity contribution in [3.63, 3.8) is 0 Å². The van der Waals surface area contributed by atoms with Crippen molar-refractivity contribution in [3.05, 3.63) is 82.4 Å². The van der Waals surface area contributed by atoms with Gasteiger partial charge in [-0.15, -0.1) is 0 Å². The van der Waals surface area contributed by atoms with Crippen molar-refractivity contribution in [1.29, 1.82) is 0 Å². The first-order valence-electron chi connectivity index (χ1n) is 11.7. The number of hydrogen-bond donors (Lipinski definition) is 2. The van der Waals surface area contributed by atoms with Crippen LogP contribution in [0.4, 0.5) is 23.1 Å². The van der Waals surface area contributed by atoms with Crippen molar-refractivity contribution < 1.29 is 0 Å². The topological polar surface area (TPSA) is 75.1 Å². The molecule has 7 nitrogen and oxygen atoms in total. The van der Waals surface area contributed by atoms with Gasteiger partial charge in [0, 0.05) is 31.2 Å². The van der Waals surface area contributed by atoms with Gasteiger partial charge in [-0.25, -0.2) is 9.97 Å². The Morgan fingerprint density at radius 2 is 1.88 bits per heavy atom. The van der Waals surface area contributed by atoms with Crippen LogP contribution in [0.2, 0.25) is 0 Å². The molecule has 0 unspecified atom stereocenters. The lowest BCUT2D eigenvalue weighted by Gasteiger charge is -2.15. The number of nitrogens with zero attached hydrogens (tertiary/aromatic N) is 4. The van der Waals surface area contributed by atoms with Gasteiger partial charge < -0.3 is 20.1 Å². The van der Waals surface area contributed by atoms with Gasteiger partial charge in [-0.3, -0.25) is 4.79 Å². The van der Waals surface area contributed by atoms with Gasteiger partial charge in [0.2, 0.25) is 0 Å². The van der Waals surface area contributed by atoms with Gasteiger partial charge in [0.25, 0.3) is 5.56 Å². The molecule has 0 aliphatic carbocycles. The van der Waals surface area contributed by atoms with Crippen LogP contribution in [0, 0.1) is 6.92 Å². The highest BCUT2D eigenvalue weighted by atomic mass is 16.1. The van der Waals surface area contributed by atoms with Crippen molar-refractivity contribution in [3.8, 4) is 0 Å². The second-order valence-corrected chi connectivity index (χ2v) is 8.86. The number of anilines is 4. The Bertz CT molecular complexity index is 1340. The Hall–Kier alpha value is -3.71. The van der Waals surface area contributed by atoms with E-state index in [0.717, 1.165) is 36.0 Å². The van der Waals surface area contributed by atoms with Crippen LogP contribution in [-0.2, 0) is 13.0 Å². The first kappa shape index (κ1) is 23.4. The molecule has 34 heavy (non-hydrogen) atoms. The number of likely N-dealkylation sites (N-methyl/N-ethyl adjacent to an activating group) is 1. The zero-order valence-electron chi connectivity index (χ0n) is 20.3. The molecule has 0 fully saturated rings. The number of fused-ring (bicyclic) bond motifs is 1. The maximum atomic E-state index is 13.5. The molecule has 2 N–H and O–H groups in total. The highest BCUT2D eigenvalue weighted by Gasteiger charge is 2.13. The molecule has 0 radical (unpaired) electrons. The summed E-state index contributed by atoms with van der Waals surface area (Å²) < 4.78 is 1.75. The number of rotatable bonds is 9. The van der Waals surface area contributed by atoms with E-state index in [1.165, 1.54) is 5.56 Å². The van der Waals surface area contributed by atoms with Gasteiger partial charge in [-0.1, -0.05) is 25.5 Å². The fraction of sp³-hybridized carbons (Fsp3) is 0.296. The smallest absolute Gasteiger partial charge is 0.262 e. The maximum absolute atomic E-state index is 13.5. The summed E-state index contributed by atoms with van der Waals surface area (Å²) in [6, 6.07) is 16.1. The summed E-state index contributed by atoms with van der Waals surface area (Å²) in [5.74, 6) is 1.87. The number of hydrogen-bond acceptors (Lipinski definition) is 6. The molecule has 0 amide bonds. The van der Waals surface area contributed by atoms with Crippen molar-refractivity contribution in [2.24, 2.45) is 0 Å². The van der Waals surface area contributed by atoms with Crippen LogP contribution in [0.3, 0.4) is 0 Å². The molecule has 0 atom stereocenters. The van der Waals surface area contributed by atoms with Gasteiger partial charge in [0.15, 0.2) is 0 Å². The second kappa shape index (κ2) is 10.5. The summed E-state index contributed by atoms with van der Waals surface area (Å²) in [5.41, 5.74) is 3.21. The second-order valence-electron chi connectivity index (χ2n) is 8.86. The van der Waals surface area contributed by atoms with Crippen LogP contribution in [0.5, 0.6) is 0 Å². The van der Waals surface area contributed by atoms with Gasteiger partial charge in [-0.2, -0.15) is 0 Å². The highest BCUT2D eigenvalue weighted by Crippen LogP contribution is 2.27. The molecular formula is C27H32N6O. The average Bonchev–Trinajstić information content (AvgIpc) is 2.79. The van der Waals surface area contributed by atoms with Gasteiger partial charge >= 0.3 is 0 Å². The largest absolute Gasteiger partial charge is 0.339 e. The minimum Gasteiger partial charge on any atom is -0.339 e. The van der Waals surface area contributed by atoms with Crippen LogP contribution in [0.1, 0.15) is 24.5 Å². The summed E-state index contributed by atoms with van der Waals surface area (Å²) in [4.78, 5) is 24.7. The fourth-order valence-corrected chi connectivity index (χ4v) is 3.91. The Morgan fingerprint density at radius 1 is 1.03 bits per heavy atom. The number of benzene rings is 1. The standard InChI is InChI=1S/C27H32N6O/c1-5-7-20-8-6-9-22(17-20)29-26-25-21(11-13-33(27(25)34)15-14-32(3)4)18-24(31-26)30-23-16-19(2)10-12-28-23/h6,8-13,16-18H,5,7,14-15H2,1-4H3,(H2,28,29,30,31). The van der Waals surface area contributed by atoms with E-state index in [1.807, 2.05) is 63.6 Å². The molecule has 0 saturated carbocycles. The predicted molar refractivity (Wildman–Crippen MR) is 141 cm³/mol. The summed E-state index contributed by atoms with van der Waals surface area (Å²) in [7, 11) is 4.00. The molecule has 4 aromatic rings. The minimum absolute atomic E-state index is 0.0562. The molecule has 7 heteroatoms. The molecule has 0 saturated heterocycles. The number of aryl methyl sites for hydroxylation is 2. The van der Waals surface area contributed by atoms with E-state index in [2.05, 4.69) is 39.6 Å². The minimum atomic E-state index is -0.0562. The van der Waals surface area contributed by atoms with E-state index in [4.69, 9.17) is 4.98 Å². The van der Waals surface area contributed by atoms with E-state index in [-0.39, 0.29) is 5.56 Å². The van der Waals surface area contributed by atoms with E-state index in [1.54, 1.807) is 10.8 Å². The first-order valence-corrected chi connectivity index (χ1v) is 11.7. The van der Waals surface area contributed by atoms with Crippen LogP contribution < -0.4 is 16.2 Å². The quantitative estimate of drug-likeness (QED) is 0.365. The Kier molecular flexibility index (Phi) is 7.23. The number of nitrogens with one attached hydrogen (secondary N) is 2. The third-order valence-electron chi connectivity index (χ3n) is 5.65. The zero-order valence-corrected chi connectivity index (χ0v) is 20.3. The Balaban J connectivity index is 1.79. The highest BCUT2D eigenvalue weighted by molar-refractivity contribution is 5.94. The molecule has 0 spiro atoms. The number of aromatic nitrogens is 3. The van der Waals surface area contributed by atoms with Crippen LogP contribution >= 0.6 is 0 Å². The normalized spacial score (nSPS) is 11.2. The van der Waals surface area contributed by atoms with Crippen molar-refractivity contribution in [2.45, 2.75) is 33.2 Å². The molecule has 176 valence electrons. The van der Waals surface area contributed by atoms with Crippen molar-refractivity contribution >= 4 is 33.9 Å². The SMILES string of the molecule is CCCc1cccc(Nc2nc(Nc3cc(C)ccn3)cc3ccn(CCN(C)C)c(=O)c23)c1. The lowest BCUT2D eigenvalue weighted by Crippen LogP contribution is -2.26. The predicted octanol–water partition coefficient (Wildman–Crippen LogP) is 5.10. The van der Waals surface area contributed by atoms with Gasteiger partial charge in [0.05, 0.1) is 5.39 Å². The van der Waals surface area contributed by atoms with E-state index < -0.39 is 0 Å². The summed E-state index contributed by atoms with van der Waals surface area (Å²) in [5, 5.41) is 8.11. The van der Waals surface area contributed by atoms with Crippen LogP contribution in [-0.4, -0.2) is 40.1 Å². The Morgan fingerprint density at radius 3 is 2.65 bits per heavy atom. The molecule has 0 aliphatic rings. The van der Waals surface area contributed by atoms with E-state index >= 15 is 0 Å². The molecular weight excluding hydrogens is 424 g/mol. The average molecular weight is 457 g/mol. The molecule has 0 aliphatic heterocycles. The molecule has 4 rings (SSSR count). The van der Waals surface area contributed by atoms with E-state index in [0.29, 0.717) is 29.4 Å². The zero-order chi connectivity index (χ0) is 24.1. The molecule has 1 aromatic carbocycles. The fourth-order valence-electron chi connectivity index (χ4n) is 3.91. The lowest BCUT2D eigenvalue weighted by molar-refractivity contribution is 0.381. The molecule has 3 aromatic heterocycles. The van der Waals surface area contributed by atoms with Crippen molar-refractivity contribution in [2.75, 3.05) is 31.3 Å². The molecule has 3 heterocycles.